The number of nitrogens with zero attached hydrogens (tertiary/aromatic N) is 1. The van der Waals surface area contributed by atoms with E-state index in [9.17, 15) is 19.4 Å². The number of carbonyl (C=O) groups excluding carboxylic acids is 1. The topological polar surface area (TPSA) is 103 Å². The Morgan fingerprint density at radius 2 is 1.71 bits per heavy atom. The first-order valence-corrected chi connectivity index (χ1v) is 11.1. The second-order valence-electron chi connectivity index (χ2n) is 8.23. The van der Waals surface area contributed by atoms with Crippen molar-refractivity contribution in [2.24, 2.45) is 0 Å². The summed E-state index contributed by atoms with van der Waals surface area (Å²) < 4.78 is 19.1. The number of aliphatic hydroxyl groups is 2. The highest BCUT2D eigenvalue weighted by atomic mass is 19.1. The number of hydrogen-bond donors (Lipinski definition) is 3. The number of ether oxygens (including phenoxy) is 1. The highest BCUT2D eigenvalue weighted by Crippen LogP contribution is 2.44. The van der Waals surface area contributed by atoms with E-state index in [0.717, 1.165) is 28.3 Å². The van der Waals surface area contributed by atoms with Gasteiger partial charge in [0.1, 0.15) is 18.5 Å². The molecule has 0 bridgehead atoms. The van der Waals surface area contributed by atoms with Gasteiger partial charge in [0.15, 0.2) is 0 Å². The summed E-state index contributed by atoms with van der Waals surface area (Å²) in [6.45, 7) is 0.226. The van der Waals surface area contributed by atoms with E-state index < -0.39 is 24.1 Å². The molecule has 0 fully saturated rings. The van der Waals surface area contributed by atoms with E-state index in [1.54, 1.807) is 0 Å². The molecule has 1 amide bonds. The molecule has 34 heavy (non-hydrogen) atoms. The fourth-order valence-corrected chi connectivity index (χ4v) is 4.42. The van der Waals surface area contributed by atoms with Gasteiger partial charge in [0.05, 0.1) is 18.6 Å². The van der Waals surface area contributed by atoms with Crippen molar-refractivity contribution >= 4 is 6.09 Å². The molecule has 0 radical (unpaired) electrons. The van der Waals surface area contributed by atoms with Gasteiger partial charge >= 0.3 is 6.09 Å². The Labute approximate surface area is 197 Å². The van der Waals surface area contributed by atoms with Gasteiger partial charge in [0, 0.05) is 12.5 Å². The normalized spacial score (nSPS) is 13.9. The van der Waals surface area contributed by atoms with Crippen LogP contribution in [0.3, 0.4) is 0 Å². The molecule has 0 aromatic heterocycles. The SMILES string of the molecule is N#CCc1ccc(F)cc1C(O)C(O)CCNC(=O)OCC1c2ccccc2-c2ccccc21. The predicted octanol–water partition coefficient (Wildman–Crippen LogP) is 4.21. The standard InChI is InChI=1S/C27H25FN2O4/c28-18-10-9-17(11-13-29)23(15-18)26(32)25(31)12-14-30-27(33)34-16-24-21-7-3-1-5-19(21)20-6-2-4-8-22(20)24/h1-10,15,24-26,31-32H,11-12,14,16H2,(H,30,33). The first kappa shape index (κ1) is 23.4. The molecule has 0 saturated heterocycles. The summed E-state index contributed by atoms with van der Waals surface area (Å²) >= 11 is 0. The van der Waals surface area contributed by atoms with Crippen LogP contribution in [0.2, 0.25) is 0 Å². The third-order valence-corrected chi connectivity index (χ3v) is 6.11. The number of alkyl carbamates (subject to hydrolysis) is 1. The zero-order valence-corrected chi connectivity index (χ0v) is 18.4. The number of hydrogen-bond acceptors (Lipinski definition) is 5. The van der Waals surface area contributed by atoms with Crippen molar-refractivity contribution < 1.29 is 24.1 Å². The first-order valence-electron chi connectivity index (χ1n) is 11.1. The molecule has 1 aliphatic rings. The molecule has 4 rings (SSSR count). The summed E-state index contributed by atoms with van der Waals surface area (Å²) in [5.74, 6) is -0.628. The number of aliphatic hydroxyl groups excluding tert-OH is 2. The van der Waals surface area contributed by atoms with E-state index in [1.807, 2.05) is 42.5 Å². The zero-order valence-electron chi connectivity index (χ0n) is 18.4. The molecular formula is C27H25FN2O4. The minimum absolute atomic E-state index is 0.0165. The second-order valence-corrected chi connectivity index (χ2v) is 8.23. The number of fused-ring (bicyclic) bond motifs is 3. The Hall–Kier alpha value is -3.73. The van der Waals surface area contributed by atoms with E-state index in [-0.39, 0.29) is 37.5 Å². The minimum Gasteiger partial charge on any atom is -0.449 e. The second kappa shape index (κ2) is 10.5. The maximum absolute atomic E-state index is 13.6. The minimum atomic E-state index is -1.39. The Bertz CT molecular complexity index is 1180. The lowest BCUT2D eigenvalue weighted by Gasteiger charge is -2.20. The van der Waals surface area contributed by atoms with Gasteiger partial charge in [-0.15, -0.1) is 0 Å². The van der Waals surface area contributed by atoms with Gasteiger partial charge in [-0.25, -0.2) is 9.18 Å². The quantitative estimate of drug-likeness (QED) is 0.467. The van der Waals surface area contributed by atoms with Crippen LogP contribution in [0.15, 0.2) is 66.7 Å². The zero-order chi connectivity index (χ0) is 24.1. The molecule has 7 heteroatoms. The summed E-state index contributed by atoms with van der Waals surface area (Å²) in [5.41, 5.74) is 5.10. The van der Waals surface area contributed by atoms with Crippen molar-refractivity contribution in [2.45, 2.75) is 31.0 Å². The predicted molar refractivity (Wildman–Crippen MR) is 124 cm³/mol. The van der Waals surface area contributed by atoms with Crippen LogP contribution in [-0.2, 0) is 11.2 Å². The number of amides is 1. The van der Waals surface area contributed by atoms with E-state index in [4.69, 9.17) is 10.00 Å². The third kappa shape index (κ3) is 4.93. The maximum atomic E-state index is 13.6. The van der Waals surface area contributed by atoms with Gasteiger partial charge in [-0.1, -0.05) is 54.6 Å². The fourth-order valence-electron chi connectivity index (χ4n) is 4.42. The van der Waals surface area contributed by atoms with Gasteiger partial charge in [-0.3, -0.25) is 0 Å². The summed E-state index contributed by atoms with van der Waals surface area (Å²) in [7, 11) is 0. The van der Waals surface area contributed by atoms with Crippen LogP contribution in [-0.4, -0.2) is 35.6 Å². The summed E-state index contributed by atoms with van der Waals surface area (Å²) in [6, 6.07) is 21.8. The van der Waals surface area contributed by atoms with Gasteiger partial charge < -0.3 is 20.3 Å². The van der Waals surface area contributed by atoms with Gasteiger partial charge in [-0.05, 0) is 51.9 Å². The lowest BCUT2D eigenvalue weighted by molar-refractivity contribution is 0.0131. The Balaban J connectivity index is 1.30. The molecule has 174 valence electrons. The van der Waals surface area contributed by atoms with Crippen molar-refractivity contribution in [3.63, 3.8) is 0 Å². The molecule has 3 N–H and O–H groups in total. The number of nitrogens with one attached hydrogen (secondary N) is 1. The molecular weight excluding hydrogens is 435 g/mol. The smallest absolute Gasteiger partial charge is 0.407 e. The molecule has 0 spiro atoms. The molecule has 1 aliphatic carbocycles. The maximum Gasteiger partial charge on any atom is 0.407 e. The highest BCUT2D eigenvalue weighted by molar-refractivity contribution is 5.79. The van der Waals surface area contributed by atoms with Crippen LogP contribution in [0.1, 0.15) is 40.7 Å². The van der Waals surface area contributed by atoms with Crippen LogP contribution >= 0.6 is 0 Å². The van der Waals surface area contributed by atoms with Crippen LogP contribution < -0.4 is 5.32 Å². The number of nitriles is 1. The summed E-state index contributed by atoms with van der Waals surface area (Å²) in [4.78, 5) is 12.3. The number of rotatable bonds is 8. The molecule has 3 aromatic rings. The molecule has 0 saturated carbocycles. The molecule has 6 nitrogen and oxygen atoms in total. The fraction of sp³-hybridized carbons (Fsp3) is 0.259. The van der Waals surface area contributed by atoms with E-state index in [2.05, 4.69) is 17.4 Å². The summed E-state index contributed by atoms with van der Waals surface area (Å²) in [6.07, 6.45) is -3.26. The number of benzene rings is 3. The van der Waals surface area contributed by atoms with Gasteiger partial charge in [-0.2, -0.15) is 5.26 Å². The van der Waals surface area contributed by atoms with E-state index in [1.165, 1.54) is 12.1 Å². The van der Waals surface area contributed by atoms with Crippen molar-refractivity contribution in [1.29, 1.82) is 5.26 Å². The lowest BCUT2D eigenvalue weighted by Crippen LogP contribution is -2.31. The van der Waals surface area contributed by atoms with Crippen molar-refractivity contribution in [1.82, 2.24) is 5.32 Å². The monoisotopic (exact) mass is 460 g/mol. The molecule has 0 heterocycles. The van der Waals surface area contributed by atoms with Gasteiger partial charge in [0.25, 0.3) is 0 Å². The van der Waals surface area contributed by atoms with Crippen LogP contribution in [0.5, 0.6) is 0 Å². The average molecular weight is 461 g/mol. The average Bonchev–Trinajstić information content (AvgIpc) is 3.17. The van der Waals surface area contributed by atoms with Gasteiger partial charge in [0.2, 0.25) is 0 Å². The first-order chi connectivity index (χ1) is 16.5. The highest BCUT2D eigenvalue weighted by Gasteiger charge is 2.29. The number of halogens is 1. The Morgan fingerprint density at radius 3 is 2.35 bits per heavy atom. The lowest BCUT2D eigenvalue weighted by atomic mass is 9.95. The van der Waals surface area contributed by atoms with Crippen LogP contribution in [0, 0.1) is 17.1 Å². The molecule has 2 unspecified atom stereocenters. The number of carbonyl (C=O) groups is 1. The molecule has 0 aliphatic heterocycles. The third-order valence-electron chi connectivity index (χ3n) is 6.11. The Morgan fingerprint density at radius 1 is 1.06 bits per heavy atom. The van der Waals surface area contributed by atoms with Crippen molar-refractivity contribution in [3.8, 4) is 17.2 Å². The Kier molecular flexibility index (Phi) is 7.21. The van der Waals surface area contributed by atoms with E-state index >= 15 is 0 Å². The largest absolute Gasteiger partial charge is 0.449 e. The van der Waals surface area contributed by atoms with Crippen LogP contribution in [0.25, 0.3) is 11.1 Å². The van der Waals surface area contributed by atoms with Crippen molar-refractivity contribution in [3.05, 3.63) is 94.8 Å². The summed E-state index contributed by atoms with van der Waals surface area (Å²) in [5, 5.41) is 32.3. The van der Waals surface area contributed by atoms with Crippen molar-refractivity contribution in [2.75, 3.05) is 13.2 Å². The van der Waals surface area contributed by atoms with Crippen LogP contribution in [0.4, 0.5) is 9.18 Å². The molecule has 2 atom stereocenters. The molecule has 3 aromatic carbocycles. The van der Waals surface area contributed by atoms with E-state index in [0.29, 0.717) is 5.56 Å².